The molecular weight excluding hydrogens is 364 g/mol. The topological polar surface area (TPSA) is 58.6 Å². The van der Waals surface area contributed by atoms with Gasteiger partial charge in [-0.15, -0.1) is 0 Å². The molecular formula is C24H38N2O3. The second-order valence-electron chi connectivity index (χ2n) is 8.79. The smallest absolute Gasteiger partial charge is 0.225 e. The molecule has 2 unspecified atom stereocenters. The lowest BCUT2D eigenvalue weighted by atomic mass is 9.85. The SMILES string of the molecule is CC(CC1CCCCC1)NCc1ccccc1OCC(=O)CC(C)C(=O)N(C)C. The van der Waals surface area contributed by atoms with E-state index in [0.29, 0.717) is 6.04 Å². The Labute approximate surface area is 176 Å². The Kier molecular flexibility index (Phi) is 9.65. The summed E-state index contributed by atoms with van der Waals surface area (Å²) < 4.78 is 5.81. The van der Waals surface area contributed by atoms with Gasteiger partial charge in [-0.05, 0) is 25.3 Å². The summed E-state index contributed by atoms with van der Waals surface area (Å²) in [5, 5.41) is 3.62. The molecule has 1 aliphatic carbocycles. The molecule has 0 heterocycles. The summed E-state index contributed by atoms with van der Waals surface area (Å²) in [6.45, 7) is 4.77. The Hall–Kier alpha value is -1.88. The van der Waals surface area contributed by atoms with Crippen LogP contribution in [0.5, 0.6) is 5.75 Å². The summed E-state index contributed by atoms with van der Waals surface area (Å²) in [7, 11) is 3.41. The highest BCUT2D eigenvalue weighted by atomic mass is 16.5. The summed E-state index contributed by atoms with van der Waals surface area (Å²) in [6, 6.07) is 8.33. The number of hydrogen-bond donors (Lipinski definition) is 1. The number of nitrogens with one attached hydrogen (secondary N) is 1. The van der Waals surface area contributed by atoms with Gasteiger partial charge in [0.05, 0.1) is 0 Å². The number of hydrogen-bond acceptors (Lipinski definition) is 4. The van der Waals surface area contributed by atoms with Crippen LogP contribution < -0.4 is 10.1 Å². The molecule has 2 rings (SSSR count). The van der Waals surface area contributed by atoms with Crippen LogP contribution >= 0.6 is 0 Å². The lowest BCUT2D eigenvalue weighted by Gasteiger charge is -2.25. The number of Topliss-reactive ketones (excluding diaryl/α,β-unsaturated/α-hetero) is 1. The van der Waals surface area contributed by atoms with Crippen molar-refractivity contribution in [2.45, 2.75) is 71.4 Å². The third-order valence-electron chi connectivity index (χ3n) is 5.81. The molecule has 0 radical (unpaired) electrons. The Morgan fingerprint density at radius 2 is 1.83 bits per heavy atom. The summed E-state index contributed by atoms with van der Waals surface area (Å²) in [4.78, 5) is 25.7. The fourth-order valence-corrected chi connectivity index (χ4v) is 4.17. The largest absolute Gasteiger partial charge is 0.486 e. The molecule has 1 aliphatic rings. The van der Waals surface area contributed by atoms with Crippen LogP contribution in [0.25, 0.3) is 0 Å². The zero-order valence-electron chi connectivity index (χ0n) is 18.6. The van der Waals surface area contributed by atoms with Crippen LogP contribution in [-0.4, -0.2) is 43.3 Å². The van der Waals surface area contributed by atoms with Crippen molar-refractivity contribution in [2.75, 3.05) is 20.7 Å². The number of rotatable bonds is 11. The number of nitrogens with zero attached hydrogens (tertiary/aromatic N) is 1. The van der Waals surface area contributed by atoms with Gasteiger partial charge >= 0.3 is 0 Å². The quantitative estimate of drug-likeness (QED) is 0.603. The molecule has 0 spiro atoms. The van der Waals surface area contributed by atoms with E-state index < -0.39 is 0 Å². The number of ether oxygens (including phenoxy) is 1. The van der Waals surface area contributed by atoms with E-state index in [9.17, 15) is 9.59 Å². The number of amides is 1. The van der Waals surface area contributed by atoms with Crippen molar-refractivity contribution in [1.29, 1.82) is 0 Å². The molecule has 2 atom stereocenters. The van der Waals surface area contributed by atoms with Gasteiger partial charge in [-0.3, -0.25) is 9.59 Å². The molecule has 1 aromatic rings. The van der Waals surface area contributed by atoms with Crippen molar-refractivity contribution in [3.8, 4) is 5.75 Å². The molecule has 0 aliphatic heterocycles. The first kappa shape index (κ1) is 23.4. The monoisotopic (exact) mass is 402 g/mol. The summed E-state index contributed by atoms with van der Waals surface area (Å²) in [5.41, 5.74) is 1.06. The van der Waals surface area contributed by atoms with Crippen LogP contribution in [0.15, 0.2) is 24.3 Å². The van der Waals surface area contributed by atoms with E-state index in [4.69, 9.17) is 4.74 Å². The average molecular weight is 403 g/mol. The maximum absolute atomic E-state index is 12.2. The van der Waals surface area contributed by atoms with Crippen molar-refractivity contribution in [2.24, 2.45) is 11.8 Å². The van der Waals surface area contributed by atoms with Crippen molar-refractivity contribution >= 4 is 11.7 Å². The summed E-state index contributed by atoms with van der Waals surface area (Å²) in [6.07, 6.45) is 8.30. The standard InChI is InChI=1S/C24H38N2O3/c1-18(24(28)26(3)4)14-22(27)17-29-23-13-9-8-12-21(23)16-25-19(2)15-20-10-6-5-7-11-20/h8-9,12-13,18-20,25H,5-7,10-11,14-17H2,1-4H3. The fraction of sp³-hybridized carbons (Fsp3) is 0.667. The molecule has 5 nitrogen and oxygen atoms in total. The number of benzene rings is 1. The molecule has 29 heavy (non-hydrogen) atoms. The molecule has 0 bridgehead atoms. The third kappa shape index (κ3) is 8.17. The molecule has 1 fully saturated rings. The molecule has 1 saturated carbocycles. The number of carbonyl (C=O) groups is 2. The summed E-state index contributed by atoms with van der Waals surface area (Å²) >= 11 is 0. The molecule has 0 saturated heterocycles. The van der Waals surface area contributed by atoms with E-state index in [-0.39, 0.29) is 30.6 Å². The van der Waals surface area contributed by atoms with Gasteiger partial charge in [-0.2, -0.15) is 0 Å². The first-order valence-electron chi connectivity index (χ1n) is 11.0. The van der Waals surface area contributed by atoms with Gasteiger partial charge < -0.3 is 15.0 Å². The lowest BCUT2D eigenvalue weighted by Crippen LogP contribution is -2.30. The minimum absolute atomic E-state index is 0.000308. The number of carbonyl (C=O) groups excluding carboxylic acids is 2. The zero-order valence-corrected chi connectivity index (χ0v) is 18.6. The molecule has 1 aromatic carbocycles. The molecule has 162 valence electrons. The second kappa shape index (κ2) is 12.0. The van der Waals surface area contributed by atoms with Gasteiger partial charge in [-0.25, -0.2) is 0 Å². The molecule has 1 amide bonds. The maximum Gasteiger partial charge on any atom is 0.225 e. The van der Waals surface area contributed by atoms with Crippen LogP contribution in [0.3, 0.4) is 0 Å². The molecule has 0 aromatic heterocycles. The van der Waals surface area contributed by atoms with E-state index in [0.717, 1.165) is 23.8 Å². The summed E-state index contributed by atoms with van der Waals surface area (Å²) in [5.74, 6) is 1.18. The van der Waals surface area contributed by atoms with Crippen molar-refractivity contribution < 1.29 is 14.3 Å². The fourth-order valence-electron chi connectivity index (χ4n) is 4.17. The van der Waals surface area contributed by atoms with Gasteiger partial charge in [0.15, 0.2) is 5.78 Å². The van der Waals surface area contributed by atoms with E-state index in [1.165, 1.54) is 43.4 Å². The predicted octanol–water partition coefficient (Wildman–Crippen LogP) is 4.20. The van der Waals surface area contributed by atoms with Gasteiger partial charge in [0.1, 0.15) is 12.4 Å². The first-order valence-corrected chi connectivity index (χ1v) is 11.0. The Morgan fingerprint density at radius 1 is 1.14 bits per heavy atom. The predicted molar refractivity (Wildman–Crippen MR) is 117 cm³/mol. The van der Waals surface area contributed by atoms with E-state index in [1.807, 2.05) is 24.3 Å². The average Bonchev–Trinajstić information content (AvgIpc) is 2.71. The van der Waals surface area contributed by atoms with Crippen LogP contribution in [0.2, 0.25) is 0 Å². The Balaban J connectivity index is 1.80. The number of para-hydroxylation sites is 1. The van der Waals surface area contributed by atoms with Gasteiger partial charge in [0, 0.05) is 44.6 Å². The lowest BCUT2D eigenvalue weighted by molar-refractivity contribution is -0.135. The third-order valence-corrected chi connectivity index (χ3v) is 5.81. The van der Waals surface area contributed by atoms with Gasteiger partial charge in [-0.1, -0.05) is 57.2 Å². The van der Waals surface area contributed by atoms with Gasteiger partial charge in [0.2, 0.25) is 5.91 Å². The number of ketones is 1. The first-order chi connectivity index (χ1) is 13.9. The Bertz CT molecular complexity index is 653. The highest BCUT2D eigenvalue weighted by molar-refractivity contribution is 5.87. The minimum Gasteiger partial charge on any atom is -0.486 e. The van der Waals surface area contributed by atoms with E-state index >= 15 is 0 Å². The highest BCUT2D eigenvalue weighted by Crippen LogP contribution is 2.27. The van der Waals surface area contributed by atoms with Crippen LogP contribution in [0, 0.1) is 11.8 Å². The zero-order chi connectivity index (χ0) is 21.2. The van der Waals surface area contributed by atoms with Crippen LogP contribution in [-0.2, 0) is 16.1 Å². The van der Waals surface area contributed by atoms with Crippen molar-refractivity contribution in [1.82, 2.24) is 10.2 Å². The van der Waals surface area contributed by atoms with Crippen LogP contribution in [0.4, 0.5) is 0 Å². The van der Waals surface area contributed by atoms with E-state index in [1.54, 1.807) is 21.0 Å². The Morgan fingerprint density at radius 3 is 2.52 bits per heavy atom. The van der Waals surface area contributed by atoms with Crippen LogP contribution in [0.1, 0.15) is 64.4 Å². The molecule has 1 N–H and O–H groups in total. The minimum atomic E-state index is -0.321. The normalized spacial score (nSPS) is 16.8. The van der Waals surface area contributed by atoms with E-state index in [2.05, 4.69) is 12.2 Å². The second-order valence-corrected chi connectivity index (χ2v) is 8.79. The maximum atomic E-state index is 12.2. The van der Waals surface area contributed by atoms with Crippen molar-refractivity contribution in [3.63, 3.8) is 0 Å². The molecule has 5 heteroatoms. The van der Waals surface area contributed by atoms with Crippen molar-refractivity contribution in [3.05, 3.63) is 29.8 Å². The highest BCUT2D eigenvalue weighted by Gasteiger charge is 2.19. The van der Waals surface area contributed by atoms with Gasteiger partial charge in [0.25, 0.3) is 0 Å².